The van der Waals surface area contributed by atoms with E-state index in [0.717, 1.165) is 17.3 Å². The summed E-state index contributed by atoms with van der Waals surface area (Å²) in [6, 6.07) is 15.5. The first kappa shape index (κ1) is 20.3. The van der Waals surface area contributed by atoms with Crippen LogP contribution in [0.3, 0.4) is 0 Å². The van der Waals surface area contributed by atoms with Gasteiger partial charge in [-0.15, -0.1) is 5.10 Å². The zero-order chi connectivity index (χ0) is 20.8. The van der Waals surface area contributed by atoms with Crippen LogP contribution in [-0.4, -0.2) is 30.8 Å². The van der Waals surface area contributed by atoms with Gasteiger partial charge in [-0.2, -0.15) is 0 Å². The first-order chi connectivity index (χ1) is 13.9. The Labute approximate surface area is 170 Å². The zero-order valence-corrected chi connectivity index (χ0v) is 16.4. The number of nitro benzene ring substituents is 1. The average molecular weight is 413 g/mol. The van der Waals surface area contributed by atoms with Gasteiger partial charge < -0.3 is 5.32 Å². The summed E-state index contributed by atoms with van der Waals surface area (Å²) < 4.78 is 1.49. The van der Waals surface area contributed by atoms with E-state index in [4.69, 9.17) is 0 Å². The molecular weight excluding hydrogens is 394 g/mol. The largest absolute Gasteiger partial charge is 0.343 e. The van der Waals surface area contributed by atoms with E-state index in [1.54, 1.807) is 13.0 Å². The molecule has 2 N–H and O–H groups in total. The van der Waals surface area contributed by atoms with E-state index >= 15 is 0 Å². The Morgan fingerprint density at radius 2 is 2.03 bits per heavy atom. The Morgan fingerprint density at radius 3 is 2.76 bits per heavy atom. The van der Waals surface area contributed by atoms with Crippen molar-refractivity contribution >= 4 is 29.0 Å². The van der Waals surface area contributed by atoms with E-state index in [1.165, 1.54) is 22.8 Å². The molecular formula is C19H19N5O4S. The Bertz CT molecular complexity index is 1060. The number of carbonyl (C=O) groups excluding carboxylic acids is 1. The fraction of sp³-hybridized carbons (Fsp3) is 0.211. The van der Waals surface area contributed by atoms with Gasteiger partial charge in [-0.25, -0.2) is 9.89 Å². The van der Waals surface area contributed by atoms with Crippen LogP contribution in [0.15, 0.2) is 64.5 Å². The summed E-state index contributed by atoms with van der Waals surface area (Å²) in [6.45, 7) is 2.11. The highest BCUT2D eigenvalue weighted by atomic mass is 32.2. The second kappa shape index (κ2) is 9.20. The summed E-state index contributed by atoms with van der Waals surface area (Å²) in [5.74, 6) is -0.347. The minimum atomic E-state index is -0.570. The number of nitrogens with one attached hydrogen (secondary N) is 2. The van der Waals surface area contributed by atoms with Gasteiger partial charge in [0, 0.05) is 24.4 Å². The quantitative estimate of drug-likeness (QED) is 0.333. The van der Waals surface area contributed by atoms with Crippen molar-refractivity contribution in [3.8, 4) is 0 Å². The highest BCUT2D eigenvalue weighted by molar-refractivity contribution is 8.00. The molecule has 0 saturated heterocycles. The normalized spacial score (nSPS) is 11.8. The smallest absolute Gasteiger partial charge is 0.325 e. The Balaban J connectivity index is 1.65. The molecule has 0 aliphatic heterocycles. The third kappa shape index (κ3) is 5.32. The van der Waals surface area contributed by atoms with Crippen LogP contribution in [0.2, 0.25) is 0 Å². The second-order valence-electron chi connectivity index (χ2n) is 6.26. The lowest BCUT2D eigenvalue weighted by Gasteiger charge is -2.12. The summed E-state index contributed by atoms with van der Waals surface area (Å²) in [5.41, 5.74) is 0.980. The number of benzene rings is 2. The van der Waals surface area contributed by atoms with Crippen LogP contribution < -0.4 is 11.0 Å². The third-order valence-electron chi connectivity index (χ3n) is 4.17. The van der Waals surface area contributed by atoms with Crippen LogP contribution in [0.25, 0.3) is 0 Å². The second-order valence-corrected chi connectivity index (χ2v) is 7.56. The van der Waals surface area contributed by atoms with Gasteiger partial charge in [0.15, 0.2) is 5.16 Å². The molecule has 2 aromatic carbocycles. The maximum Gasteiger partial charge on any atom is 0.343 e. The third-order valence-corrected chi connectivity index (χ3v) is 5.26. The number of carbonyl (C=O) groups is 1. The Morgan fingerprint density at radius 1 is 1.28 bits per heavy atom. The van der Waals surface area contributed by atoms with Crippen molar-refractivity contribution in [3.05, 3.63) is 80.8 Å². The number of H-pyrrole nitrogens is 1. The Hall–Kier alpha value is -3.40. The maximum absolute atomic E-state index is 12.5. The van der Waals surface area contributed by atoms with Crippen LogP contribution in [0, 0.1) is 10.1 Å². The molecule has 0 bridgehead atoms. The summed E-state index contributed by atoms with van der Waals surface area (Å²) in [7, 11) is 0. The first-order valence-corrected chi connectivity index (χ1v) is 9.73. The number of aryl methyl sites for hydroxylation is 1. The fourth-order valence-electron chi connectivity index (χ4n) is 2.63. The summed E-state index contributed by atoms with van der Waals surface area (Å²) in [4.78, 5) is 34.9. The van der Waals surface area contributed by atoms with Crippen LogP contribution in [-0.2, 0) is 17.8 Å². The number of nitrogens with zero attached hydrogens (tertiary/aromatic N) is 3. The van der Waals surface area contributed by atoms with Gasteiger partial charge in [-0.05, 0) is 25.0 Å². The van der Waals surface area contributed by atoms with Gasteiger partial charge in [-0.1, -0.05) is 48.2 Å². The molecule has 0 aliphatic rings. The summed E-state index contributed by atoms with van der Waals surface area (Å²) in [5, 5.41) is 19.8. The van der Waals surface area contributed by atoms with E-state index in [9.17, 15) is 19.7 Å². The van der Waals surface area contributed by atoms with E-state index in [1.807, 2.05) is 30.3 Å². The molecule has 1 unspecified atom stereocenters. The zero-order valence-electron chi connectivity index (χ0n) is 15.6. The van der Waals surface area contributed by atoms with Crippen LogP contribution >= 0.6 is 11.8 Å². The van der Waals surface area contributed by atoms with Crippen LogP contribution in [0.1, 0.15) is 12.5 Å². The maximum atomic E-state index is 12.5. The predicted molar refractivity (Wildman–Crippen MR) is 110 cm³/mol. The molecule has 1 aromatic heterocycles. The van der Waals surface area contributed by atoms with Crippen molar-refractivity contribution in [3.63, 3.8) is 0 Å². The van der Waals surface area contributed by atoms with Gasteiger partial charge in [0.25, 0.3) is 5.69 Å². The molecule has 9 nitrogen and oxygen atoms in total. The molecule has 1 amide bonds. The van der Waals surface area contributed by atoms with E-state index < -0.39 is 10.2 Å². The van der Waals surface area contributed by atoms with Crippen LogP contribution in [0.5, 0.6) is 0 Å². The van der Waals surface area contributed by atoms with Crippen molar-refractivity contribution in [1.29, 1.82) is 0 Å². The summed E-state index contributed by atoms with van der Waals surface area (Å²) >= 11 is 1.14. The standard InChI is InChI=1S/C19H19N5O4S/c1-13(17(25)20-15-8-5-9-16(12-15)24(27)28)29-19-22-21-18(26)23(19)11-10-14-6-3-2-4-7-14/h2-9,12-13H,10-11H2,1H3,(H,20,25)(H,21,26). The monoisotopic (exact) mass is 413 g/mol. The number of thioether (sulfide) groups is 1. The number of non-ortho nitro benzene ring substituents is 1. The number of aromatic amines is 1. The number of hydrogen-bond donors (Lipinski definition) is 2. The van der Waals surface area contributed by atoms with Gasteiger partial charge in [-0.3, -0.25) is 19.5 Å². The molecule has 3 rings (SSSR count). The number of anilines is 1. The highest BCUT2D eigenvalue weighted by Crippen LogP contribution is 2.23. The van der Waals surface area contributed by atoms with Crippen molar-refractivity contribution < 1.29 is 9.72 Å². The molecule has 0 aliphatic carbocycles. The van der Waals surface area contributed by atoms with Crippen LogP contribution in [0.4, 0.5) is 11.4 Å². The number of aromatic nitrogens is 3. The lowest BCUT2D eigenvalue weighted by Crippen LogP contribution is -2.24. The van der Waals surface area contributed by atoms with E-state index in [2.05, 4.69) is 15.5 Å². The Kier molecular flexibility index (Phi) is 6.45. The van der Waals surface area contributed by atoms with Crippen molar-refractivity contribution in [2.75, 3.05) is 5.32 Å². The van der Waals surface area contributed by atoms with Crippen molar-refractivity contribution in [1.82, 2.24) is 14.8 Å². The molecule has 10 heteroatoms. The number of hydrogen-bond acceptors (Lipinski definition) is 6. The first-order valence-electron chi connectivity index (χ1n) is 8.85. The highest BCUT2D eigenvalue weighted by Gasteiger charge is 2.20. The predicted octanol–water partition coefficient (Wildman–Crippen LogP) is 2.84. The average Bonchev–Trinajstić information content (AvgIpc) is 3.06. The molecule has 29 heavy (non-hydrogen) atoms. The molecule has 1 atom stereocenters. The number of rotatable bonds is 8. The van der Waals surface area contributed by atoms with Gasteiger partial charge in [0.05, 0.1) is 10.2 Å². The minimum absolute atomic E-state index is 0.106. The van der Waals surface area contributed by atoms with Gasteiger partial charge in [0.2, 0.25) is 5.91 Å². The molecule has 0 radical (unpaired) electrons. The molecule has 3 aromatic rings. The number of amides is 1. The summed E-state index contributed by atoms with van der Waals surface area (Å²) in [6.07, 6.45) is 0.655. The molecule has 1 heterocycles. The fourth-order valence-corrected chi connectivity index (χ4v) is 3.51. The van der Waals surface area contributed by atoms with Gasteiger partial charge >= 0.3 is 5.69 Å². The van der Waals surface area contributed by atoms with Crippen molar-refractivity contribution in [2.24, 2.45) is 0 Å². The van der Waals surface area contributed by atoms with Crippen molar-refractivity contribution in [2.45, 2.75) is 30.3 Å². The lowest BCUT2D eigenvalue weighted by molar-refractivity contribution is -0.384. The van der Waals surface area contributed by atoms with E-state index in [0.29, 0.717) is 23.8 Å². The molecule has 0 spiro atoms. The molecule has 0 fully saturated rings. The molecule has 150 valence electrons. The molecule has 0 saturated carbocycles. The minimum Gasteiger partial charge on any atom is -0.325 e. The topological polar surface area (TPSA) is 123 Å². The van der Waals surface area contributed by atoms with Gasteiger partial charge in [0.1, 0.15) is 0 Å². The SMILES string of the molecule is CC(Sc1n[nH]c(=O)n1CCc1ccccc1)C(=O)Nc1cccc([N+](=O)[O-])c1. The van der Waals surface area contributed by atoms with E-state index in [-0.39, 0.29) is 17.3 Å². The lowest BCUT2D eigenvalue weighted by atomic mass is 10.1. The number of nitro groups is 1.